The van der Waals surface area contributed by atoms with E-state index in [0.717, 1.165) is 35.1 Å². The molecule has 0 saturated carbocycles. The highest BCUT2D eigenvalue weighted by Gasteiger charge is 2.48. The Morgan fingerprint density at radius 2 is 1.38 bits per heavy atom. The lowest BCUT2D eigenvalue weighted by Crippen LogP contribution is -2.38. The van der Waals surface area contributed by atoms with Crippen molar-refractivity contribution in [2.45, 2.75) is 148 Å². The van der Waals surface area contributed by atoms with Crippen LogP contribution in [0.5, 0.6) is 0 Å². The third kappa shape index (κ3) is 15.8. The van der Waals surface area contributed by atoms with E-state index in [1.54, 1.807) is 14.0 Å². The molecule has 0 aliphatic carbocycles. The molecule has 3 aromatic carbocycles. The molecule has 0 bridgehead atoms. The SMILES string of the molecule is C=C1C[C@H](CCCOC(=O)C(C)(C)C)OC1CC[C@H]1CC(C)=C(COC(=O)CC)[C@@H](CC2O[C@H](C[C@@H](COC(=O)c3ccc([N+](=O)[O-])cc3)OC(=O)c3ccc([N+](=O)[O-])cc3)[C@H](OC)[C@H]2Cc2ccccc2)O1. The zero-order valence-corrected chi connectivity index (χ0v) is 42.5. The first-order valence-corrected chi connectivity index (χ1v) is 24.9. The second-order valence-corrected chi connectivity index (χ2v) is 20.0. The van der Waals surface area contributed by atoms with E-state index in [1.807, 2.05) is 58.0 Å². The molecule has 0 radical (unpaired) electrons. The Labute approximate surface area is 426 Å². The lowest BCUT2D eigenvalue weighted by atomic mass is 9.83. The first-order chi connectivity index (χ1) is 34.8. The van der Waals surface area contributed by atoms with Gasteiger partial charge in [-0.3, -0.25) is 29.8 Å². The number of hydrogen-bond donors (Lipinski definition) is 0. The molecule has 3 aromatic rings. The third-order valence-electron chi connectivity index (χ3n) is 13.5. The summed E-state index contributed by atoms with van der Waals surface area (Å²) in [6, 6.07) is 19.6. The number of hydrogen-bond acceptors (Lipinski definition) is 16. The van der Waals surface area contributed by atoms with Gasteiger partial charge in [0.05, 0.1) is 75.7 Å². The molecule has 2 fully saturated rings. The van der Waals surface area contributed by atoms with Crippen LogP contribution in [-0.4, -0.2) is 109 Å². The van der Waals surface area contributed by atoms with Crippen LogP contribution in [0.3, 0.4) is 0 Å². The summed E-state index contributed by atoms with van der Waals surface area (Å²) in [5.74, 6) is -2.50. The van der Waals surface area contributed by atoms with Gasteiger partial charge in [0.25, 0.3) is 11.4 Å². The summed E-state index contributed by atoms with van der Waals surface area (Å²) in [6.45, 7) is 13.5. The van der Waals surface area contributed by atoms with Crippen LogP contribution in [0.15, 0.2) is 102 Å². The number of nitrogens with zero attached hydrogens (tertiary/aromatic N) is 2. The molecule has 18 heteroatoms. The van der Waals surface area contributed by atoms with Crippen LogP contribution >= 0.6 is 0 Å². The lowest BCUT2D eigenvalue weighted by molar-refractivity contribution is -0.385. The molecule has 0 spiro atoms. The van der Waals surface area contributed by atoms with E-state index in [-0.39, 0.29) is 78.1 Å². The number of carbonyl (C=O) groups is 4. The maximum Gasteiger partial charge on any atom is 0.338 e. The highest BCUT2D eigenvalue weighted by molar-refractivity contribution is 5.90. The number of methoxy groups -OCH3 is 1. The van der Waals surface area contributed by atoms with E-state index < -0.39 is 64.3 Å². The number of rotatable bonds is 24. The van der Waals surface area contributed by atoms with Crippen molar-refractivity contribution in [3.05, 3.63) is 139 Å². The molecule has 0 N–H and O–H groups in total. The minimum Gasteiger partial charge on any atom is -0.465 e. The summed E-state index contributed by atoms with van der Waals surface area (Å²) >= 11 is 0. The number of nitro groups is 2. The number of non-ortho nitro benzene ring substituents is 2. The number of esters is 4. The van der Waals surface area contributed by atoms with Crippen LogP contribution in [-0.2, 0) is 53.9 Å². The van der Waals surface area contributed by atoms with Crippen molar-refractivity contribution in [1.29, 1.82) is 0 Å². The monoisotopic (exact) mass is 1010 g/mol. The zero-order chi connectivity index (χ0) is 52.8. The van der Waals surface area contributed by atoms with Crippen molar-refractivity contribution in [3.63, 3.8) is 0 Å². The molecule has 9 atom stereocenters. The highest BCUT2D eigenvalue weighted by atomic mass is 16.6. The van der Waals surface area contributed by atoms with Gasteiger partial charge in [0.2, 0.25) is 0 Å². The number of carbonyl (C=O) groups excluding carboxylic acids is 4. The fourth-order valence-corrected chi connectivity index (χ4v) is 9.53. The van der Waals surface area contributed by atoms with Crippen molar-refractivity contribution >= 4 is 35.3 Å². The molecular weight excluding hydrogens is 945 g/mol. The van der Waals surface area contributed by atoms with Gasteiger partial charge in [-0.2, -0.15) is 0 Å². The van der Waals surface area contributed by atoms with Crippen LogP contribution in [0, 0.1) is 31.6 Å². The quantitative estimate of drug-likeness (QED) is 0.0203. The molecule has 0 aromatic heterocycles. The molecule has 394 valence electrons. The topological polar surface area (TPSA) is 228 Å². The van der Waals surface area contributed by atoms with Gasteiger partial charge in [-0.05, 0) is 114 Å². The smallest absolute Gasteiger partial charge is 0.338 e. The molecule has 2 unspecified atom stereocenters. The molecule has 3 aliphatic rings. The van der Waals surface area contributed by atoms with Gasteiger partial charge < -0.3 is 37.9 Å². The van der Waals surface area contributed by atoms with Crippen molar-refractivity contribution in [1.82, 2.24) is 0 Å². The van der Waals surface area contributed by atoms with Gasteiger partial charge in [0.1, 0.15) is 19.3 Å². The summed E-state index contributed by atoms with van der Waals surface area (Å²) in [6.07, 6.45) is 1.30. The van der Waals surface area contributed by atoms with Crippen LogP contribution in [0.25, 0.3) is 0 Å². The van der Waals surface area contributed by atoms with E-state index in [2.05, 4.69) is 6.58 Å². The molecular formula is C55H68N2O16. The third-order valence-corrected chi connectivity index (χ3v) is 13.5. The lowest BCUT2D eigenvalue weighted by Gasteiger charge is -2.36. The van der Waals surface area contributed by atoms with Gasteiger partial charge in [-0.15, -0.1) is 0 Å². The maximum atomic E-state index is 13.7. The summed E-state index contributed by atoms with van der Waals surface area (Å²) in [4.78, 5) is 73.2. The molecule has 2 saturated heterocycles. The Bertz CT molecular complexity index is 2430. The van der Waals surface area contributed by atoms with E-state index in [4.69, 9.17) is 37.9 Å². The predicted molar refractivity (Wildman–Crippen MR) is 267 cm³/mol. The first-order valence-electron chi connectivity index (χ1n) is 24.9. The summed E-state index contributed by atoms with van der Waals surface area (Å²) in [5.41, 5.74) is 2.99. The molecule has 3 heterocycles. The molecule has 6 rings (SSSR count). The van der Waals surface area contributed by atoms with E-state index in [1.165, 1.54) is 48.5 Å². The Kier molecular flexibility index (Phi) is 20.0. The Morgan fingerprint density at radius 3 is 1.99 bits per heavy atom. The van der Waals surface area contributed by atoms with Crippen LogP contribution < -0.4 is 0 Å². The average molecular weight is 1010 g/mol. The Balaban J connectivity index is 1.21. The molecule has 3 aliphatic heterocycles. The molecule has 73 heavy (non-hydrogen) atoms. The van der Waals surface area contributed by atoms with Crippen molar-refractivity contribution in [2.24, 2.45) is 11.3 Å². The maximum absolute atomic E-state index is 13.7. The summed E-state index contributed by atoms with van der Waals surface area (Å²) in [5, 5.41) is 22.6. The van der Waals surface area contributed by atoms with Gasteiger partial charge in [-0.25, -0.2) is 9.59 Å². The van der Waals surface area contributed by atoms with Gasteiger partial charge >= 0.3 is 23.9 Å². The van der Waals surface area contributed by atoms with Crippen molar-refractivity contribution in [3.8, 4) is 0 Å². The second kappa shape index (κ2) is 26.0. The van der Waals surface area contributed by atoms with Gasteiger partial charge in [0, 0.05) is 56.6 Å². The van der Waals surface area contributed by atoms with E-state index in [9.17, 15) is 39.4 Å². The second-order valence-electron chi connectivity index (χ2n) is 20.0. The highest BCUT2D eigenvalue weighted by Crippen LogP contribution is 2.41. The standard InChI is InChI=1S/C55H68N2O16/c1-8-50(58)68-33-45-34(2)27-42(24-25-46-35(3)28-41(70-46)15-12-26-67-54(61)55(4,5)6)71-48(45)31-47-44(29-36-13-10-9-11-14-36)51(66-7)49(73-47)30-43(72-53(60)38-18-22-40(23-19-38)57(64)65)32-69-52(59)37-16-20-39(21-17-37)56(62)63/h9-11,13-14,16-23,41-44,46-49,51H,3,8,12,15,24-33H2,1-2,4-7H3/t41-,42-,43-,44-,46?,47?,48+,49+,51+/m0/s1. The zero-order valence-electron chi connectivity index (χ0n) is 42.5. The Hall–Kier alpha value is -6.34. The fraction of sp³-hybridized carbons (Fsp3) is 0.527. The average Bonchev–Trinajstić information content (AvgIpc) is 3.89. The minimum absolute atomic E-state index is 0.00905. The van der Waals surface area contributed by atoms with Crippen LogP contribution in [0.4, 0.5) is 11.4 Å². The number of ether oxygens (including phenoxy) is 8. The minimum atomic E-state index is -1.12. The molecule has 0 amide bonds. The van der Waals surface area contributed by atoms with Crippen LogP contribution in [0.1, 0.15) is 119 Å². The largest absolute Gasteiger partial charge is 0.465 e. The van der Waals surface area contributed by atoms with Gasteiger partial charge in [-0.1, -0.05) is 49.4 Å². The first kappa shape index (κ1) is 56.0. The van der Waals surface area contributed by atoms with Crippen molar-refractivity contribution in [2.75, 3.05) is 26.9 Å². The Morgan fingerprint density at radius 1 is 0.767 bits per heavy atom. The summed E-state index contributed by atoms with van der Waals surface area (Å²) in [7, 11) is 1.58. The van der Waals surface area contributed by atoms with E-state index in [0.29, 0.717) is 45.1 Å². The summed E-state index contributed by atoms with van der Waals surface area (Å²) < 4.78 is 49.5. The number of benzene rings is 3. The number of nitro benzene ring substituents is 2. The van der Waals surface area contributed by atoms with Crippen LogP contribution in [0.2, 0.25) is 0 Å². The molecule has 18 nitrogen and oxygen atoms in total. The predicted octanol–water partition coefficient (Wildman–Crippen LogP) is 9.60. The van der Waals surface area contributed by atoms with Crippen molar-refractivity contribution < 1.29 is 66.9 Å². The fourth-order valence-electron chi connectivity index (χ4n) is 9.53. The van der Waals surface area contributed by atoms with E-state index >= 15 is 0 Å². The van der Waals surface area contributed by atoms with Gasteiger partial charge in [0.15, 0.2) is 0 Å². The normalized spacial score (nSPS) is 23.4.